The van der Waals surface area contributed by atoms with Gasteiger partial charge in [-0.3, -0.25) is 0 Å². The van der Waals surface area contributed by atoms with Gasteiger partial charge in [-0.2, -0.15) is 0 Å². The minimum absolute atomic E-state index is 0.365. The van der Waals surface area contributed by atoms with Crippen LogP contribution in [-0.4, -0.2) is 5.16 Å². The van der Waals surface area contributed by atoms with Crippen molar-refractivity contribution in [3.05, 3.63) is 33.3 Å². The minimum atomic E-state index is 0.365. The lowest BCUT2D eigenvalue weighted by Gasteiger charge is -2.03. The standard InChI is InChI=1S/C11H10BrClN2O/c1-2-7-10(15-16-11(7)14)8-5-6(13)3-4-9(8)12/h3-5H,2,14H2,1H3. The molecule has 0 aliphatic rings. The molecule has 0 unspecified atom stereocenters. The summed E-state index contributed by atoms with van der Waals surface area (Å²) in [6, 6.07) is 5.52. The number of anilines is 1. The van der Waals surface area contributed by atoms with Gasteiger partial charge < -0.3 is 10.3 Å². The molecule has 0 atom stereocenters. The number of hydrogen-bond donors (Lipinski definition) is 1. The monoisotopic (exact) mass is 300 g/mol. The fourth-order valence-corrected chi connectivity index (χ4v) is 2.16. The van der Waals surface area contributed by atoms with Crippen molar-refractivity contribution in [1.82, 2.24) is 5.16 Å². The van der Waals surface area contributed by atoms with Crippen LogP contribution in [-0.2, 0) is 6.42 Å². The highest BCUT2D eigenvalue weighted by atomic mass is 79.9. The Labute approximate surface area is 107 Å². The molecular formula is C11H10BrClN2O. The summed E-state index contributed by atoms with van der Waals surface area (Å²) in [7, 11) is 0. The SMILES string of the molecule is CCc1c(-c2cc(Cl)ccc2Br)noc1N. The molecule has 0 saturated carbocycles. The van der Waals surface area contributed by atoms with Gasteiger partial charge in [-0.25, -0.2) is 0 Å². The molecule has 0 saturated heterocycles. The summed E-state index contributed by atoms with van der Waals surface area (Å²) in [4.78, 5) is 0. The van der Waals surface area contributed by atoms with Gasteiger partial charge in [0.05, 0.1) is 0 Å². The maximum atomic E-state index is 5.96. The van der Waals surface area contributed by atoms with Gasteiger partial charge in [0.1, 0.15) is 5.69 Å². The van der Waals surface area contributed by atoms with Crippen LogP contribution < -0.4 is 5.73 Å². The van der Waals surface area contributed by atoms with Crippen molar-refractivity contribution >= 4 is 33.4 Å². The number of nitrogens with two attached hydrogens (primary N) is 1. The molecular weight excluding hydrogens is 291 g/mol. The van der Waals surface area contributed by atoms with Crippen molar-refractivity contribution in [2.45, 2.75) is 13.3 Å². The number of benzene rings is 1. The van der Waals surface area contributed by atoms with Crippen LogP contribution in [0.15, 0.2) is 27.2 Å². The fourth-order valence-electron chi connectivity index (χ4n) is 1.55. The lowest BCUT2D eigenvalue weighted by molar-refractivity contribution is 0.438. The number of nitrogen functional groups attached to an aromatic ring is 1. The number of halogens is 2. The van der Waals surface area contributed by atoms with E-state index in [2.05, 4.69) is 21.1 Å². The van der Waals surface area contributed by atoms with Crippen LogP contribution in [0, 0.1) is 0 Å². The van der Waals surface area contributed by atoms with E-state index in [1.54, 1.807) is 0 Å². The minimum Gasteiger partial charge on any atom is -0.367 e. The Morgan fingerprint density at radius 1 is 1.50 bits per heavy atom. The van der Waals surface area contributed by atoms with E-state index in [9.17, 15) is 0 Å². The third kappa shape index (κ3) is 1.95. The van der Waals surface area contributed by atoms with E-state index in [-0.39, 0.29) is 0 Å². The van der Waals surface area contributed by atoms with Crippen LogP contribution in [0.5, 0.6) is 0 Å². The molecule has 2 rings (SSSR count). The van der Waals surface area contributed by atoms with Crippen LogP contribution >= 0.6 is 27.5 Å². The molecule has 0 fully saturated rings. The summed E-state index contributed by atoms with van der Waals surface area (Å²) in [6.45, 7) is 2.00. The molecule has 2 aromatic rings. The zero-order valence-corrected chi connectivity index (χ0v) is 11.0. The lowest BCUT2D eigenvalue weighted by Crippen LogP contribution is -1.90. The molecule has 5 heteroatoms. The molecule has 0 spiro atoms. The Hall–Kier alpha value is -1.00. The second-order valence-corrected chi connectivity index (χ2v) is 4.64. The van der Waals surface area contributed by atoms with Crippen molar-refractivity contribution < 1.29 is 4.52 Å². The van der Waals surface area contributed by atoms with E-state index in [1.165, 1.54) is 0 Å². The third-order valence-corrected chi connectivity index (χ3v) is 3.28. The van der Waals surface area contributed by atoms with E-state index in [1.807, 2.05) is 25.1 Å². The molecule has 0 radical (unpaired) electrons. The van der Waals surface area contributed by atoms with E-state index < -0.39 is 0 Å². The fraction of sp³-hybridized carbons (Fsp3) is 0.182. The van der Waals surface area contributed by atoms with Gasteiger partial charge in [-0.1, -0.05) is 39.6 Å². The van der Waals surface area contributed by atoms with Gasteiger partial charge >= 0.3 is 0 Å². The van der Waals surface area contributed by atoms with Crippen LogP contribution in [0.3, 0.4) is 0 Å². The summed E-state index contributed by atoms with van der Waals surface area (Å²) < 4.78 is 5.92. The molecule has 0 aliphatic carbocycles. The zero-order chi connectivity index (χ0) is 11.7. The quantitative estimate of drug-likeness (QED) is 0.915. The first-order chi connectivity index (χ1) is 7.63. The Balaban J connectivity index is 2.62. The highest BCUT2D eigenvalue weighted by Gasteiger charge is 2.16. The summed E-state index contributed by atoms with van der Waals surface area (Å²) in [5.74, 6) is 0.365. The van der Waals surface area contributed by atoms with Gasteiger partial charge in [-0.15, -0.1) is 0 Å². The van der Waals surface area contributed by atoms with E-state index in [0.717, 1.165) is 27.7 Å². The molecule has 1 aromatic carbocycles. The maximum absolute atomic E-state index is 5.96. The van der Waals surface area contributed by atoms with E-state index >= 15 is 0 Å². The summed E-state index contributed by atoms with van der Waals surface area (Å²) in [5, 5.41) is 4.62. The molecule has 2 N–H and O–H groups in total. The van der Waals surface area contributed by atoms with Gasteiger partial charge in [-0.05, 0) is 24.6 Å². The van der Waals surface area contributed by atoms with Gasteiger partial charge in [0.2, 0.25) is 5.88 Å². The van der Waals surface area contributed by atoms with Crippen molar-refractivity contribution in [1.29, 1.82) is 0 Å². The first-order valence-corrected chi connectivity index (χ1v) is 6.00. The molecule has 1 aromatic heterocycles. The van der Waals surface area contributed by atoms with Gasteiger partial charge in [0, 0.05) is 20.6 Å². The lowest BCUT2D eigenvalue weighted by atomic mass is 10.1. The Morgan fingerprint density at radius 3 is 2.94 bits per heavy atom. The maximum Gasteiger partial charge on any atom is 0.225 e. The van der Waals surface area contributed by atoms with Crippen LogP contribution in [0.2, 0.25) is 5.02 Å². The molecule has 0 bridgehead atoms. The largest absolute Gasteiger partial charge is 0.367 e. The number of rotatable bonds is 2. The zero-order valence-electron chi connectivity index (χ0n) is 8.63. The van der Waals surface area contributed by atoms with Gasteiger partial charge in [0.25, 0.3) is 0 Å². The van der Waals surface area contributed by atoms with Crippen molar-refractivity contribution in [3.63, 3.8) is 0 Å². The Morgan fingerprint density at radius 2 is 2.25 bits per heavy atom. The van der Waals surface area contributed by atoms with Crippen molar-refractivity contribution in [2.75, 3.05) is 5.73 Å². The highest BCUT2D eigenvalue weighted by Crippen LogP contribution is 2.34. The number of aromatic nitrogens is 1. The Bertz CT molecular complexity index is 525. The van der Waals surface area contributed by atoms with Crippen LogP contribution in [0.25, 0.3) is 11.3 Å². The first-order valence-electron chi connectivity index (χ1n) is 4.83. The Kier molecular flexibility index (Phi) is 3.21. The predicted octanol–water partition coefficient (Wildman–Crippen LogP) is 3.90. The molecule has 84 valence electrons. The first kappa shape index (κ1) is 11.5. The highest BCUT2D eigenvalue weighted by molar-refractivity contribution is 9.10. The second-order valence-electron chi connectivity index (χ2n) is 3.35. The van der Waals surface area contributed by atoms with E-state index in [4.69, 9.17) is 21.9 Å². The normalized spacial score (nSPS) is 10.7. The summed E-state index contributed by atoms with van der Waals surface area (Å²) in [6.07, 6.45) is 0.767. The smallest absolute Gasteiger partial charge is 0.225 e. The summed E-state index contributed by atoms with van der Waals surface area (Å²) in [5.41, 5.74) is 8.24. The average Bonchev–Trinajstić information content (AvgIpc) is 2.63. The van der Waals surface area contributed by atoms with Crippen molar-refractivity contribution in [3.8, 4) is 11.3 Å². The summed E-state index contributed by atoms with van der Waals surface area (Å²) >= 11 is 9.42. The number of nitrogens with zero attached hydrogens (tertiary/aromatic N) is 1. The second kappa shape index (κ2) is 4.47. The topological polar surface area (TPSA) is 52.0 Å². The van der Waals surface area contributed by atoms with Crippen LogP contribution in [0.1, 0.15) is 12.5 Å². The third-order valence-electron chi connectivity index (χ3n) is 2.36. The molecule has 1 heterocycles. The number of hydrogen-bond acceptors (Lipinski definition) is 3. The molecule has 16 heavy (non-hydrogen) atoms. The molecule has 3 nitrogen and oxygen atoms in total. The average molecular weight is 302 g/mol. The van der Waals surface area contributed by atoms with E-state index in [0.29, 0.717) is 10.9 Å². The molecule has 0 amide bonds. The van der Waals surface area contributed by atoms with Crippen molar-refractivity contribution in [2.24, 2.45) is 0 Å². The van der Waals surface area contributed by atoms with Gasteiger partial charge in [0.15, 0.2) is 0 Å². The molecule has 0 aliphatic heterocycles. The van der Waals surface area contributed by atoms with Crippen LogP contribution in [0.4, 0.5) is 5.88 Å². The predicted molar refractivity (Wildman–Crippen MR) is 68.4 cm³/mol.